The molecule has 0 bridgehead atoms. The van der Waals surface area contributed by atoms with Gasteiger partial charge in [-0.15, -0.1) is 0 Å². The zero-order valence-electron chi connectivity index (χ0n) is 18.7. The molecule has 1 atom stereocenters. The molecular formula is C31H20O4. The summed E-state index contributed by atoms with van der Waals surface area (Å²) in [7, 11) is 0. The molecule has 6 rings (SSSR count). The van der Waals surface area contributed by atoms with E-state index in [9.17, 15) is 19.5 Å². The normalized spacial score (nSPS) is 21.0. The number of carbonyl (C=O) groups excluding carboxylic acids is 3. The second-order valence-corrected chi connectivity index (χ2v) is 8.91. The highest BCUT2D eigenvalue weighted by molar-refractivity contribution is 6.40. The maximum absolute atomic E-state index is 12.9. The molecule has 0 heterocycles. The molecule has 0 saturated heterocycles. The lowest BCUT2D eigenvalue weighted by Crippen LogP contribution is -2.11. The minimum absolute atomic E-state index is 0.0231. The van der Waals surface area contributed by atoms with Crippen LogP contribution in [0, 0.1) is 5.92 Å². The summed E-state index contributed by atoms with van der Waals surface area (Å²) >= 11 is 0. The molecule has 4 heteroatoms. The molecule has 168 valence electrons. The van der Waals surface area contributed by atoms with E-state index < -0.39 is 0 Å². The highest BCUT2D eigenvalue weighted by Crippen LogP contribution is 2.41. The Labute approximate surface area is 202 Å². The van der Waals surface area contributed by atoms with Crippen LogP contribution in [0.2, 0.25) is 0 Å². The summed E-state index contributed by atoms with van der Waals surface area (Å²) in [6.45, 7) is 0. The first kappa shape index (κ1) is 21.0. The van der Waals surface area contributed by atoms with Gasteiger partial charge in [0.15, 0.2) is 17.3 Å². The fourth-order valence-corrected chi connectivity index (χ4v) is 5.05. The molecule has 4 aliphatic carbocycles. The van der Waals surface area contributed by atoms with Crippen LogP contribution >= 0.6 is 0 Å². The van der Waals surface area contributed by atoms with Crippen molar-refractivity contribution in [3.63, 3.8) is 0 Å². The number of aliphatic hydroxyl groups is 1. The summed E-state index contributed by atoms with van der Waals surface area (Å²) in [5.41, 5.74) is 3.52. The van der Waals surface area contributed by atoms with Crippen molar-refractivity contribution in [2.45, 2.75) is 6.42 Å². The summed E-state index contributed by atoms with van der Waals surface area (Å²) in [5.74, 6) is -0.574. The Morgan fingerprint density at radius 1 is 0.857 bits per heavy atom. The molecule has 2 aromatic carbocycles. The third kappa shape index (κ3) is 3.34. The van der Waals surface area contributed by atoms with Gasteiger partial charge in [-0.25, -0.2) is 0 Å². The number of carbonyl (C=O) groups is 3. The van der Waals surface area contributed by atoms with Gasteiger partial charge in [0.2, 0.25) is 0 Å². The van der Waals surface area contributed by atoms with E-state index in [1.54, 1.807) is 36.4 Å². The second-order valence-electron chi connectivity index (χ2n) is 8.91. The number of ketones is 3. The fourth-order valence-electron chi connectivity index (χ4n) is 5.05. The monoisotopic (exact) mass is 456 g/mol. The van der Waals surface area contributed by atoms with E-state index in [1.807, 2.05) is 48.6 Å². The van der Waals surface area contributed by atoms with Gasteiger partial charge in [0.05, 0.1) is 11.1 Å². The third-order valence-corrected chi connectivity index (χ3v) is 6.87. The highest BCUT2D eigenvalue weighted by atomic mass is 16.3. The first-order valence-corrected chi connectivity index (χ1v) is 11.5. The van der Waals surface area contributed by atoms with Crippen LogP contribution in [0.4, 0.5) is 0 Å². The molecule has 0 radical (unpaired) electrons. The number of aliphatic hydroxyl groups excluding tert-OH is 1. The van der Waals surface area contributed by atoms with E-state index in [2.05, 4.69) is 6.08 Å². The van der Waals surface area contributed by atoms with Gasteiger partial charge < -0.3 is 5.11 Å². The second kappa shape index (κ2) is 8.03. The Balaban J connectivity index is 1.21. The Kier molecular flexibility index (Phi) is 4.82. The van der Waals surface area contributed by atoms with Crippen LogP contribution in [0.25, 0.3) is 10.8 Å². The minimum atomic E-state index is -0.287. The molecule has 2 aromatic rings. The van der Waals surface area contributed by atoms with Crippen molar-refractivity contribution in [3.8, 4) is 0 Å². The van der Waals surface area contributed by atoms with Crippen LogP contribution < -0.4 is 0 Å². The highest BCUT2D eigenvalue weighted by Gasteiger charge is 2.35. The standard InChI is InChI=1S/C31H20O4/c32-28-22(29(33)25-15-19-9-5-4-8-18(19)14-24(25)28)12-2-1-3-13-23-30(34)26-16-20-10-6-7-11-21(20)17-27(26)31(23)35/h1-16,21,35H,17H2. The molecule has 0 fully saturated rings. The minimum Gasteiger partial charge on any atom is -0.507 e. The first-order valence-electron chi connectivity index (χ1n) is 11.5. The van der Waals surface area contributed by atoms with Crippen molar-refractivity contribution >= 4 is 28.1 Å². The van der Waals surface area contributed by atoms with Gasteiger partial charge in [-0.05, 0) is 53.1 Å². The van der Waals surface area contributed by atoms with Crippen molar-refractivity contribution in [1.82, 2.24) is 0 Å². The number of Topliss-reactive ketones (excluding diaryl/α,β-unsaturated/α-hetero) is 3. The maximum atomic E-state index is 12.9. The average molecular weight is 456 g/mol. The van der Waals surface area contributed by atoms with E-state index in [-0.39, 0.29) is 40.2 Å². The van der Waals surface area contributed by atoms with Crippen molar-refractivity contribution < 1.29 is 19.5 Å². The van der Waals surface area contributed by atoms with E-state index in [1.165, 1.54) is 6.08 Å². The van der Waals surface area contributed by atoms with Gasteiger partial charge in [0.25, 0.3) is 0 Å². The molecule has 0 aliphatic heterocycles. The largest absolute Gasteiger partial charge is 0.507 e. The van der Waals surface area contributed by atoms with Crippen LogP contribution in [0.1, 0.15) is 27.1 Å². The summed E-state index contributed by atoms with van der Waals surface area (Å²) in [6.07, 6.45) is 18.4. The smallest absolute Gasteiger partial charge is 0.197 e. The lowest BCUT2D eigenvalue weighted by Gasteiger charge is -2.22. The van der Waals surface area contributed by atoms with E-state index in [0.29, 0.717) is 28.7 Å². The molecule has 1 unspecified atom stereocenters. The van der Waals surface area contributed by atoms with Crippen molar-refractivity contribution in [2.24, 2.45) is 5.92 Å². The van der Waals surface area contributed by atoms with Gasteiger partial charge in [-0.3, -0.25) is 14.4 Å². The number of allylic oxidation sites excluding steroid dienone is 15. The van der Waals surface area contributed by atoms with Gasteiger partial charge in [-0.1, -0.05) is 66.8 Å². The molecule has 0 saturated carbocycles. The Bertz CT molecular complexity index is 1560. The molecule has 0 spiro atoms. The van der Waals surface area contributed by atoms with Crippen LogP contribution in [0.5, 0.6) is 0 Å². The average Bonchev–Trinajstić information content (AvgIpc) is 3.25. The third-order valence-electron chi connectivity index (χ3n) is 6.87. The summed E-state index contributed by atoms with van der Waals surface area (Å²) in [5, 5.41) is 12.5. The summed E-state index contributed by atoms with van der Waals surface area (Å²) in [6, 6.07) is 11.2. The molecule has 1 N–H and O–H groups in total. The molecule has 35 heavy (non-hydrogen) atoms. The van der Waals surface area contributed by atoms with Crippen LogP contribution in [-0.4, -0.2) is 22.5 Å². The first-order chi connectivity index (χ1) is 17.0. The predicted octanol–water partition coefficient (Wildman–Crippen LogP) is 6.02. The molecule has 4 aliphatic rings. The summed E-state index contributed by atoms with van der Waals surface area (Å²) in [4.78, 5) is 38.5. The van der Waals surface area contributed by atoms with Gasteiger partial charge >= 0.3 is 0 Å². The number of benzene rings is 2. The topological polar surface area (TPSA) is 71.4 Å². The molecule has 0 aromatic heterocycles. The number of rotatable bonds is 3. The number of fused-ring (bicyclic) bond motifs is 3. The SMILES string of the molecule is O=C1C(C=CC=CC=C2C(=O)c3cc4ccccc4cc3C2=O)=C(O)C2=C1C=C1C=CC=CC1C2. The maximum Gasteiger partial charge on any atom is 0.197 e. The Morgan fingerprint density at radius 3 is 2.29 bits per heavy atom. The van der Waals surface area contributed by atoms with Gasteiger partial charge in [-0.2, -0.15) is 0 Å². The zero-order valence-corrected chi connectivity index (χ0v) is 18.7. The summed E-state index contributed by atoms with van der Waals surface area (Å²) < 4.78 is 0. The molecule has 4 nitrogen and oxygen atoms in total. The van der Waals surface area contributed by atoms with E-state index in [0.717, 1.165) is 16.3 Å². The van der Waals surface area contributed by atoms with Gasteiger partial charge in [0.1, 0.15) is 5.76 Å². The van der Waals surface area contributed by atoms with Crippen molar-refractivity contribution in [1.29, 1.82) is 0 Å². The van der Waals surface area contributed by atoms with E-state index in [4.69, 9.17) is 0 Å². The molecular weight excluding hydrogens is 436 g/mol. The van der Waals surface area contributed by atoms with Crippen molar-refractivity contribution in [2.75, 3.05) is 0 Å². The lowest BCUT2D eigenvalue weighted by molar-refractivity contribution is -0.111. The zero-order chi connectivity index (χ0) is 24.1. The number of hydrogen-bond donors (Lipinski definition) is 1. The predicted molar refractivity (Wildman–Crippen MR) is 135 cm³/mol. The number of hydrogen-bond acceptors (Lipinski definition) is 4. The van der Waals surface area contributed by atoms with Crippen LogP contribution in [0.3, 0.4) is 0 Å². The van der Waals surface area contributed by atoms with Crippen LogP contribution in [0.15, 0.2) is 131 Å². The Hall–Kier alpha value is -4.57. The van der Waals surface area contributed by atoms with Crippen molar-refractivity contribution in [3.05, 3.63) is 142 Å². The Morgan fingerprint density at radius 2 is 1.57 bits per heavy atom. The molecule has 0 amide bonds. The lowest BCUT2D eigenvalue weighted by atomic mass is 9.82. The quantitative estimate of drug-likeness (QED) is 0.348. The van der Waals surface area contributed by atoms with Crippen LogP contribution in [-0.2, 0) is 4.79 Å². The van der Waals surface area contributed by atoms with E-state index >= 15 is 0 Å². The van der Waals surface area contributed by atoms with Gasteiger partial charge in [0, 0.05) is 28.2 Å². The fraction of sp³-hybridized carbons (Fsp3) is 0.0645.